The van der Waals surface area contributed by atoms with Gasteiger partial charge < -0.3 is 21.0 Å². The van der Waals surface area contributed by atoms with Crippen molar-refractivity contribution in [1.29, 1.82) is 0 Å². The van der Waals surface area contributed by atoms with E-state index in [1.165, 1.54) is 12.0 Å². The summed E-state index contributed by atoms with van der Waals surface area (Å²) >= 11 is 1.14. The number of amides is 2. The molecule has 2 aliphatic heterocycles. The Bertz CT molecular complexity index is 1220. The van der Waals surface area contributed by atoms with Crippen LogP contribution in [0.2, 0.25) is 0 Å². The number of nitrogen functional groups attached to an aromatic ring is 1. The molecule has 33 heavy (non-hydrogen) atoms. The summed E-state index contributed by atoms with van der Waals surface area (Å²) in [4.78, 5) is 48.1. The van der Waals surface area contributed by atoms with E-state index in [1.807, 2.05) is 36.7 Å². The van der Waals surface area contributed by atoms with Crippen molar-refractivity contribution in [2.45, 2.75) is 38.8 Å². The normalized spacial score (nSPS) is 20.3. The Kier molecular flexibility index (Phi) is 5.85. The van der Waals surface area contributed by atoms with Gasteiger partial charge in [0.15, 0.2) is 28.4 Å². The van der Waals surface area contributed by atoms with Gasteiger partial charge in [-0.05, 0) is 19.4 Å². The van der Waals surface area contributed by atoms with Crippen LogP contribution in [0.4, 0.5) is 5.13 Å². The third-order valence-electron chi connectivity index (χ3n) is 5.65. The zero-order valence-electron chi connectivity index (χ0n) is 18.2. The smallest absolute Gasteiger partial charge is 0.359 e. The number of pyridine rings is 1. The van der Waals surface area contributed by atoms with Crippen molar-refractivity contribution in [3.8, 4) is 0 Å². The number of carbonyl (C=O) groups excluding carboxylic acids is 2. The van der Waals surface area contributed by atoms with Gasteiger partial charge in [0.2, 0.25) is 5.70 Å². The fourth-order valence-electron chi connectivity index (χ4n) is 4.15. The number of carboxylic acids is 1. The molecule has 2 aliphatic rings. The molecule has 0 spiro atoms. The van der Waals surface area contributed by atoms with Gasteiger partial charge >= 0.3 is 5.97 Å². The summed E-state index contributed by atoms with van der Waals surface area (Å²) in [5.41, 5.74) is 8.04. The van der Waals surface area contributed by atoms with Crippen LogP contribution < -0.4 is 15.6 Å². The molecule has 1 fully saturated rings. The molecule has 1 saturated heterocycles. The molecule has 4 heterocycles. The first-order chi connectivity index (χ1) is 15.7. The quantitative estimate of drug-likeness (QED) is 0.239. The molecular weight excluding hydrogens is 448 g/mol. The molecule has 1 unspecified atom stereocenters. The van der Waals surface area contributed by atoms with Gasteiger partial charge in [0.1, 0.15) is 18.8 Å². The number of hydrogen-bond donors (Lipinski definition) is 3. The summed E-state index contributed by atoms with van der Waals surface area (Å²) in [5, 5.41) is 18.1. The predicted molar refractivity (Wildman–Crippen MR) is 119 cm³/mol. The van der Waals surface area contributed by atoms with E-state index in [-0.39, 0.29) is 22.2 Å². The summed E-state index contributed by atoms with van der Waals surface area (Å²) < 4.78 is 1.81. The molecule has 12 heteroatoms. The van der Waals surface area contributed by atoms with Crippen LogP contribution >= 0.6 is 11.3 Å². The van der Waals surface area contributed by atoms with E-state index in [2.05, 4.69) is 15.5 Å². The molecule has 4 rings (SSSR count). The summed E-state index contributed by atoms with van der Waals surface area (Å²) in [6, 6.07) is 2.48. The molecule has 0 saturated carbocycles. The number of carbonyl (C=O) groups is 3. The van der Waals surface area contributed by atoms with Gasteiger partial charge in [-0.25, -0.2) is 9.78 Å². The van der Waals surface area contributed by atoms with Crippen LogP contribution in [0.3, 0.4) is 0 Å². The number of fused-ring (bicyclic) bond motifs is 1. The number of nitrogens with zero attached hydrogens (tertiary/aromatic N) is 4. The Labute approximate surface area is 193 Å². The Morgan fingerprint density at radius 3 is 2.79 bits per heavy atom. The highest BCUT2D eigenvalue weighted by Crippen LogP contribution is 2.37. The molecule has 2 aromatic heterocycles. The van der Waals surface area contributed by atoms with Gasteiger partial charge in [-0.15, -0.1) is 11.3 Å². The highest BCUT2D eigenvalue weighted by atomic mass is 32.1. The zero-order valence-corrected chi connectivity index (χ0v) is 19.0. The first-order valence-corrected chi connectivity index (χ1v) is 11.0. The first-order valence-electron chi connectivity index (χ1n) is 10.1. The third-order valence-corrected chi connectivity index (χ3v) is 6.33. The molecule has 2 atom stereocenters. The Morgan fingerprint density at radius 1 is 1.39 bits per heavy atom. The lowest BCUT2D eigenvalue weighted by molar-refractivity contribution is -0.592. The van der Waals surface area contributed by atoms with Gasteiger partial charge in [-0.2, -0.15) is 4.57 Å². The fraction of sp³-hybridized carbons (Fsp3) is 0.333. The van der Waals surface area contributed by atoms with E-state index in [4.69, 9.17) is 10.6 Å². The lowest BCUT2D eigenvalue weighted by atomic mass is 9.85. The fourth-order valence-corrected chi connectivity index (χ4v) is 4.70. The van der Waals surface area contributed by atoms with E-state index in [0.29, 0.717) is 18.5 Å². The van der Waals surface area contributed by atoms with Crippen LogP contribution in [0, 0.1) is 13.8 Å². The van der Waals surface area contributed by atoms with Gasteiger partial charge in [-0.3, -0.25) is 14.5 Å². The predicted octanol–water partition coefficient (Wildman–Crippen LogP) is 0.423. The maximum Gasteiger partial charge on any atom is 0.359 e. The highest BCUT2D eigenvalue weighted by molar-refractivity contribution is 7.13. The van der Waals surface area contributed by atoms with Gasteiger partial charge in [-0.1, -0.05) is 5.16 Å². The number of rotatable bonds is 6. The van der Waals surface area contributed by atoms with Crippen molar-refractivity contribution in [2.24, 2.45) is 5.16 Å². The number of hydrogen-bond acceptors (Lipinski definition) is 8. The molecule has 0 bridgehead atoms. The Hall–Kier alpha value is -3.80. The maximum atomic E-state index is 13.0. The summed E-state index contributed by atoms with van der Waals surface area (Å²) in [7, 11) is 1.29. The second-order valence-corrected chi connectivity index (χ2v) is 8.67. The molecule has 4 N–H and O–H groups in total. The minimum Gasteiger partial charge on any atom is -0.476 e. The number of aryl methyl sites for hydroxylation is 2. The molecule has 2 aromatic rings. The van der Waals surface area contributed by atoms with Crippen LogP contribution in [0.1, 0.15) is 29.8 Å². The van der Waals surface area contributed by atoms with Gasteiger partial charge in [0.25, 0.3) is 11.8 Å². The average molecular weight is 472 g/mol. The summed E-state index contributed by atoms with van der Waals surface area (Å²) in [6.07, 6.45) is 2.77. The second-order valence-electron chi connectivity index (χ2n) is 7.78. The molecule has 11 nitrogen and oxygen atoms in total. The molecule has 2 amide bonds. The summed E-state index contributed by atoms with van der Waals surface area (Å²) in [6.45, 7) is 3.79. The van der Waals surface area contributed by atoms with Crippen LogP contribution in [-0.4, -0.2) is 57.7 Å². The number of carboxylic acid groups (broad SMARTS) is 1. The number of anilines is 1. The molecule has 0 aromatic carbocycles. The van der Waals surface area contributed by atoms with Crippen molar-refractivity contribution in [2.75, 3.05) is 12.8 Å². The van der Waals surface area contributed by atoms with Crippen LogP contribution in [0.5, 0.6) is 0 Å². The van der Waals surface area contributed by atoms with Gasteiger partial charge in [0.05, 0.1) is 6.04 Å². The molecule has 0 radical (unpaired) electrons. The lowest BCUT2D eigenvalue weighted by Crippen LogP contribution is -2.72. The maximum absolute atomic E-state index is 13.0. The lowest BCUT2D eigenvalue weighted by Gasteiger charge is -2.48. The highest BCUT2D eigenvalue weighted by Gasteiger charge is 2.55. The SMILES string of the molecule is CO/N=C(\C(=O)N[C@H]1C(=O)N2C(C(=O)O)=C([n+]3cc(C)ccc3C)CCC12)c1csc(N)n1. The number of nitrogens with one attached hydrogen (secondary N) is 1. The molecule has 0 aliphatic carbocycles. The van der Waals surface area contributed by atoms with Crippen LogP contribution in [-0.2, 0) is 19.2 Å². The topological polar surface area (TPSA) is 151 Å². The number of aliphatic carboxylic acids is 1. The molecular formula is C21H23N6O5S+. The van der Waals surface area contributed by atoms with Crippen molar-refractivity contribution in [3.63, 3.8) is 0 Å². The van der Waals surface area contributed by atoms with E-state index < -0.39 is 29.9 Å². The number of β-lactam (4-membered cyclic amide) rings is 1. The minimum atomic E-state index is -1.19. The first kappa shape index (κ1) is 22.4. The van der Waals surface area contributed by atoms with Crippen molar-refractivity contribution in [3.05, 3.63) is 46.4 Å². The molecule has 172 valence electrons. The minimum absolute atomic E-state index is 0.0708. The zero-order chi connectivity index (χ0) is 23.9. The Balaban J connectivity index is 1.61. The van der Waals surface area contributed by atoms with E-state index in [1.54, 1.807) is 5.38 Å². The van der Waals surface area contributed by atoms with E-state index >= 15 is 0 Å². The third kappa shape index (κ3) is 3.93. The largest absolute Gasteiger partial charge is 0.476 e. The van der Waals surface area contributed by atoms with Crippen LogP contribution in [0.25, 0.3) is 5.70 Å². The second kappa shape index (κ2) is 8.62. The average Bonchev–Trinajstić information content (AvgIpc) is 3.21. The monoisotopic (exact) mass is 471 g/mol. The van der Waals surface area contributed by atoms with E-state index in [0.717, 1.165) is 22.6 Å². The van der Waals surface area contributed by atoms with Gasteiger partial charge in [0, 0.05) is 30.4 Å². The number of aromatic nitrogens is 2. The van der Waals surface area contributed by atoms with E-state index in [9.17, 15) is 19.5 Å². The standard InChI is InChI=1S/C21H22N6O5S/c1-10-4-5-11(2)26(8-10)14-7-6-13-16(19(29)27(13)17(14)20(30)31)24-18(28)15(25-32-3)12-9-33-21(22)23-12/h4-5,8-9,13,16H,6-7H2,1-3H3,(H3-,22,23,24,28,30,31)/p+1/b25-15-/t13?,16-/m1/s1. The number of thiazole rings is 1. The number of oxime groups is 1. The van der Waals surface area contributed by atoms with Crippen molar-refractivity contribution in [1.82, 2.24) is 15.2 Å². The Morgan fingerprint density at radius 2 is 2.15 bits per heavy atom. The number of allylic oxidation sites excluding steroid dienone is 1. The number of nitrogens with two attached hydrogens (primary N) is 1. The van der Waals surface area contributed by atoms with Crippen molar-refractivity contribution >= 4 is 45.7 Å². The summed E-state index contributed by atoms with van der Waals surface area (Å²) in [5.74, 6) is -2.35. The van der Waals surface area contributed by atoms with Crippen molar-refractivity contribution < 1.29 is 28.9 Å². The van der Waals surface area contributed by atoms with Crippen LogP contribution in [0.15, 0.2) is 34.6 Å².